The largest absolute Gasteiger partial charge is 0.398 e. The van der Waals surface area contributed by atoms with E-state index in [0.29, 0.717) is 16.8 Å². The fraction of sp³-hybridized carbons (Fsp3) is 0.357. The van der Waals surface area contributed by atoms with Crippen molar-refractivity contribution in [3.63, 3.8) is 0 Å². The number of benzene rings is 1. The van der Waals surface area contributed by atoms with E-state index in [1.54, 1.807) is 18.2 Å². The van der Waals surface area contributed by atoms with Crippen molar-refractivity contribution in [3.05, 3.63) is 42.0 Å². The summed E-state index contributed by atoms with van der Waals surface area (Å²) in [5, 5.41) is 0. The van der Waals surface area contributed by atoms with E-state index in [4.69, 9.17) is 5.73 Å². The number of carbonyl (C=O) groups excluding carboxylic acids is 1. The molecule has 0 saturated carbocycles. The fourth-order valence-electron chi connectivity index (χ4n) is 1.14. The molecule has 0 heterocycles. The molecule has 0 saturated heterocycles. The van der Waals surface area contributed by atoms with Crippen molar-refractivity contribution in [2.24, 2.45) is 5.92 Å². The molecule has 2 heteroatoms. The Morgan fingerprint density at radius 2 is 1.75 bits per heavy atom. The minimum Gasteiger partial charge on any atom is -0.398 e. The highest BCUT2D eigenvalue weighted by atomic mass is 16.1. The van der Waals surface area contributed by atoms with Crippen LogP contribution in [-0.2, 0) is 0 Å². The first kappa shape index (κ1) is 14.4. The molecule has 0 atom stereocenters. The SMILES string of the molecule is C=C(C(=O)c1ccccc1N)C(C)C.CC. The normalized spacial score (nSPS) is 9.31. The molecule has 0 unspecified atom stereocenters. The number of nitrogens with two attached hydrogens (primary N) is 1. The number of rotatable bonds is 3. The van der Waals surface area contributed by atoms with Gasteiger partial charge in [-0.2, -0.15) is 0 Å². The van der Waals surface area contributed by atoms with E-state index in [9.17, 15) is 4.79 Å². The topological polar surface area (TPSA) is 43.1 Å². The molecule has 2 nitrogen and oxygen atoms in total. The van der Waals surface area contributed by atoms with Gasteiger partial charge in [0.2, 0.25) is 0 Å². The predicted molar refractivity (Wildman–Crippen MR) is 70.5 cm³/mol. The van der Waals surface area contributed by atoms with Gasteiger partial charge in [-0.3, -0.25) is 4.79 Å². The Hall–Kier alpha value is -1.57. The fourth-order valence-corrected chi connectivity index (χ4v) is 1.14. The molecule has 0 spiro atoms. The minimum atomic E-state index is -0.0573. The van der Waals surface area contributed by atoms with Crippen LogP contribution in [-0.4, -0.2) is 5.78 Å². The van der Waals surface area contributed by atoms with E-state index >= 15 is 0 Å². The average molecular weight is 219 g/mol. The molecular weight excluding hydrogens is 198 g/mol. The van der Waals surface area contributed by atoms with Crippen LogP contribution < -0.4 is 5.73 Å². The van der Waals surface area contributed by atoms with E-state index in [1.165, 1.54) is 0 Å². The van der Waals surface area contributed by atoms with E-state index in [0.717, 1.165) is 0 Å². The molecule has 0 fully saturated rings. The summed E-state index contributed by atoms with van der Waals surface area (Å²) in [4.78, 5) is 11.8. The quantitative estimate of drug-likeness (QED) is 0.478. The van der Waals surface area contributed by atoms with E-state index in [2.05, 4.69) is 6.58 Å². The Balaban J connectivity index is 0.00000106. The first-order valence-corrected chi connectivity index (χ1v) is 5.62. The molecule has 0 amide bonds. The van der Waals surface area contributed by atoms with Gasteiger partial charge in [0.25, 0.3) is 0 Å². The summed E-state index contributed by atoms with van der Waals surface area (Å²) in [5.41, 5.74) is 7.36. The number of anilines is 1. The summed E-state index contributed by atoms with van der Waals surface area (Å²) in [6, 6.07) is 7.06. The first-order valence-electron chi connectivity index (χ1n) is 5.62. The number of allylic oxidation sites excluding steroid dienone is 1. The monoisotopic (exact) mass is 219 g/mol. The molecule has 88 valence electrons. The van der Waals surface area contributed by atoms with Crippen molar-refractivity contribution in [3.8, 4) is 0 Å². The second kappa shape index (κ2) is 6.83. The molecule has 0 bridgehead atoms. The van der Waals surface area contributed by atoms with Crippen molar-refractivity contribution >= 4 is 11.5 Å². The Morgan fingerprint density at radius 3 is 2.19 bits per heavy atom. The van der Waals surface area contributed by atoms with E-state index < -0.39 is 0 Å². The van der Waals surface area contributed by atoms with Gasteiger partial charge in [-0.15, -0.1) is 0 Å². The maximum absolute atomic E-state index is 11.8. The zero-order chi connectivity index (χ0) is 12.7. The van der Waals surface area contributed by atoms with Gasteiger partial charge in [0.05, 0.1) is 0 Å². The van der Waals surface area contributed by atoms with Gasteiger partial charge in [-0.1, -0.05) is 46.4 Å². The molecule has 0 aliphatic heterocycles. The van der Waals surface area contributed by atoms with Crippen LogP contribution in [0.15, 0.2) is 36.4 Å². The second-order valence-corrected chi connectivity index (χ2v) is 3.60. The van der Waals surface area contributed by atoms with Gasteiger partial charge in [-0.25, -0.2) is 0 Å². The number of hydrogen-bond acceptors (Lipinski definition) is 2. The lowest BCUT2D eigenvalue weighted by Crippen LogP contribution is -2.09. The number of para-hydroxylation sites is 1. The van der Waals surface area contributed by atoms with Crippen LogP contribution in [0.1, 0.15) is 38.1 Å². The van der Waals surface area contributed by atoms with E-state index in [1.807, 2.05) is 33.8 Å². The Labute approximate surface area is 98.2 Å². The summed E-state index contributed by atoms with van der Waals surface area (Å²) in [5.74, 6) is 0.0974. The highest BCUT2D eigenvalue weighted by Crippen LogP contribution is 2.18. The van der Waals surface area contributed by atoms with Crippen molar-refractivity contribution < 1.29 is 4.79 Å². The smallest absolute Gasteiger partial charge is 0.190 e. The maximum Gasteiger partial charge on any atom is 0.190 e. The van der Waals surface area contributed by atoms with Gasteiger partial charge < -0.3 is 5.73 Å². The van der Waals surface area contributed by atoms with Crippen LogP contribution in [0.2, 0.25) is 0 Å². The maximum atomic E-state index is 11.8. The van der Waals surface area contributed by atoms with Crippen molar-refractivity contribution in [2.45, 2.75) is 27.7 Å². The molecule has 1 aromatic rings. The highest BCUT2D eigenvalue weighted by Gasteiger charge is 2.14. The first-order chi connectivity index (χ1) is 7.54. The molecule has 0 aromatic heterocycles. The summed E-state index contributed by atoms with van der Waals surface area (Å²) in [7, 11) is 0. The molecule has 1 aromatic carbocycles. The molecular formula is C14H21NO. The van der Waals surface area contributed by atoms with Gasteiger partial charge in [0, 0.05) is 11.3 Å². The van der Waals surface area contributed by atoms with Gasteiger partial charge in [0.1, 0.15) is 0 Å². The lowest BCUT2D eigenvalue weighted by Gasteiger charge is -2.09. The van der Waals surface area contributed by atoms with Gasteiger partial charge in [-0.05, 0) is 23.6 Å². The third kappa shape index (κ3) is 3.54. The van der Waals surface area contributed by atoms with Crippen LogP contribution in [0.5, 0.6) is 0 Å². The summed E-state index contributed by atoms with van der Waals surface area (Å²) >= 11 is 0. The third-order valence-electron chi connectivity index (χ3n) is 2.19. The Morgan fingerprint density at radius 1 is 1.25 bits per heavy atom. The molecule has 0 aliphatic carbocycles. The van der Waals surface area contributed by atoms with Crippen molar-refractivity contribution in [2.75, 3.05) is 5.73 Å². The molecule has 2 N–H and O–H groups in total. The Kier molecular flexibility index (Phi) is 6.16. The molecule has 16 heavy (non-hydrogen) atoms. The van der Waals surface area contributed by atoms with Crippen LogP contribution in [0.3, 0.4) is 0 Å². The molecule has 0 radical (unpaired) electrons. The van der Waals surface area contributed by atoms with Crippen molar-refractivity contribution in [1.29, 1.82) is 0 Å². The zero-order valence-electron chi connectivity index (χ0n) is 10.6. The average Bonchev–Trinajstić information content (AvgIpc) is 2.30. The van der Waals surface area contributed by atoms with Gasteiger partial charge in [0.15, 0.2) is 5.78 Å². The van der Waals surface area contributed by atoms with Crippen LogP contribution in [0.4, 0.5) is 5.69 Å². The van der Waals surface area contributed by atoms with Crippen LogP contribution in [0.25, 0.3) is 0 Å². The number of carbonyl (C=O) groups is 1. The Bertz CT molecular complexity index is 367. The summed E-state index contributed by atoms with van der Waals surface area (Å²) in [6.45, 7) is 11.7. The number of nitrogen functional groups attached to an aromatic ring is 1. The van der Waals surface area contributed by atoms with Gasteiger partial charge >= 0.3 is 0 Å². The zero-order valence-corrected chi connectivity index (χ0v) is 10.6. The minimum absolute atomic E-state index is 0.0573. The number of hydrogen-bond donors (Lipinski definition) is 1. The molecule has 0 aliphatic rings. The third-order valence-corrected chi connectivity index (χ3v) is 2.19. The standard InChI is InChI=1S/C12H15NO.C2H6/c1-8(2)9(3)12(14)10-6-4-5-7-11(10)13;1-2/h4-8H,3,13H2,1-2H3;1-2H3. The second-order valence-electron chi connectivity index (χ2n) is 3.60. The number of ketones is 1. The van der Waals surface area contributed by atoms with E-state index in [-0.39, 0.29) is 11.7 Å². The predicted octanol–water partition coefficient (Wildman–Crippen LogP) is 3.69. The lowest BCUT2D eigenvalue weighted by atomic mass is 9.95. The summed E-state index contributed by atoms with van der Waals surface area (Å²) < 4.78 is 0. The lowest BCUT2D eigenvalue weighted by molar-refractivity contribution is 0.102. The van der Waals surface area contributed by atoms with Crippen LogP contribution >= 0.6 is 0 Å². The number of Topliss-reactive ketones (excluding diaryl/α,β-unsaturated/α-hetero) is 1. The van der Waals surface area contributed by atoms with Crippen molar-refractivity contribution in [1.82, 2.24) is 0 Å². The summed E-state index contributed by atoms with van der Waals surface area (Å²) in [6.07, 6.45) is 0. The molecule has 1 rings (SSSR count). The van der Waals surface area contributed by atoms with Crippen LogP contribution in [0, 0.1) is 5.92 Å². The highest BCUT2D eigenvalue weighted by molar-refractivity contribution is 6.11.